The molecule has 1 aliphatic heterocycles. The highest BCUT2D eigenvalue weighted by Gasteiger charge is 2.66. The third-order valence-electron chi connectivity index (χ3n) is 2.42. The van der Waals surface area contributed by atoms with E-state index in [0.717, 1.165) is 12.1 Å². The molecule has 0 aliphatic carbocycles. The van der Waals surface area contributed by atoms with E-state index < -0.39 is 23.3 Å². The molecule has 3 nitrogen and oxygen atoms in total. The maximum atomic E-state index is 13.4. The van der Waals surface area contributed by atoms with Gasteiger partial charge >= 0.3 is 12.0 Å². The van der Waals surface area contributed by atoms with Crippen molar-refractivity contribution in [3.05, 3.63) is 22.7 Å². The lowest BCUT2D eigenvalue weighted by Gasteiger charge is -2.16. The second kappa shape index (κ2) is 4.26. The number of alkyl halides is 4. The Hall–Kier alpha value is -1.50. The Kier molecular flexibility index (Phi) is 3.12. The summed E-state index contributed by atoms with van der Waals surface area (Å²) >= 11 is 5.78. The number of ether oxygens (including phenoxy) is 1. The Morgan fingerprint density at radius 2 is 1.89 bits per heavy atom. The van der Waals surface area contributed by atoms with Crippen molar-refractivity contribution in [3.63, 3.8) is 0 Å². The summed E-state index contributed by atoms with van der Waals surface area (Å²) < 4.78 is 56.9. The van der Waals surface area contributed by atoms with Crippen molar-refractivity contribution in [1.82, 2.24) is 4.90 Å². The van der Waals surface area contributed by atoms with E-state index >= 15 is 0 Å². The molecule has 0 radical (unpaired) electrons. The highest BCUT2D eigenvalue weighted by Crippen LogP contribution is 2.55. The molecule has 0 N–H and O–H groups in total. The van der Waals surface area contributed by atoms with Crippen LogP contribution in [0.4, 0.5) is 23.2 Å². The van der Waals surface area contributed by atoms with Crippen LogP contribution in [-0.4, -0.2) is 31.4 Å². The molecule has 0 fully saturated rings. The van der Waals surface area contributed by atoms with Crippen molar-refractivity contribution >= 4 is 23.6 Å². The van der Waals surface area contributed by atoms with Crippen LogP contribution in [0.5, 0.6) is 5.75 Å². The van der Waals surface area contributed by atoms with Gasteiger partial charge < -0.3 is 9.64 Å². The van der Waals surface area contributed by atoms with Crippen LogP contribution < -0.4 is 4.74 Å². The van der Waals surface area contributed by atoms with E-state index in [1.165, 1.54) is 6.34 Å². The number of benzene rings is 1. The lowest BCUT2D eigenvalue weighted by molar-refractivity contribution is -0.296. The summed E-state index contributed by atoms with van der Waals surface area (Å²) in [5.41, 5.74) is -0.956. The van der Waals surface area contributed by atoms with Crippen molar-refractivity contribution in [2.24, 2.45) is 4.99 Å². The standard InChI is InChI=1S/C11H9ClF4N2O/c1-18(2)5-17-8-3-6-9(4-7(8)12)19-11(15,16)10(6,13)14/h3-5H,1-2H3. The quantitative estimate of drug-likeness (QED) is 0.473. The van der Waals surface area contributed by atoms with Crippen molar-refractivity contribution in [3.8, 4) is 5.75 Å². The molecule has 19 heavy (non-hydrogen) atoms. The maximum Gasteiger partial charge on any atom is 0.469 e. The first kappa shape index (κ1) is 13.9. The van der Waals surface area contributed by atoms with Gasteiger partial charge in [-0.25, -0.2) is 4.99 Å². The molecule has 0 bridgehead atoms. The van der Waals surface area contributed by atoms with Gasteiger partial charge in [0.25, 0.3) is 0 Å². The van der Waals surface area contributed by atoms with Crippen molar-refractivity contribution in [2.75, 3.05) is 14.1 Å². The van der Waals surface area contributed by atoms with E-state index in [1.807, 2.05) is 0 Å². The number of aliphatic imine (C=N–C) groups is 1. The van der Waals surface area contributed by atoms with E-state index in [2.05, 4.69) is 9.73 Å². The normalized spacial score (nSPS) is 19.3. The zero-order valence-corrected chi connectivity index (χ0v) is 10.7. The average Bonchev–Trinajstić information content (AvgIpc) is 2.42. The van der Waals surface area contributed by atoms with Gasteiger partial charge in [0.15, 0.2) is 0 Å². The molecule has 104 valence electrons. The summed E-state index contributed by atoms with van der Waals surface area (Å²) in [6, 6.07) is 1.71. The third-order valence-corrected chi connectivity index (χ3v) is 2.72. The van der Waals surface area contributed by atoms with Crippen LogP contribution in [0.2, 0.25) is 5.02 Å². The van der Waals surface area contributed by atoms with Gasteiger partial charge in [-0.3, -0.25) is 0 Å². The zero-order valence-electron chi connectivity index (χ0n) is 9.92. The van der Waals surface area contributed by atoms with Crippen LogP contribution in [0.15, 0.2) is 17.1 Å². The van der Waals surface area contributed by atoms with Gasteiger partial charge in [0.05, 0.1) is 22.6 Å². The van der Waals surface area contributed by atoms with E-state index in [-0.39, 0.29) is 10.7 Å². The summed E-state index contributed by atoms with van der Waals surface area (Å²) in [5.74, 6) is -5.04. The number of halogens is 5. The monoisotopic (exact) mass is 296 g/mol. The SMILES string of the molecule is CN(C)C=Nc1cc2c(cc1Cl)OC(F)(F)C2(F)F. The minimum Gasteiger partial charge on any atom is -0.427 e. The summed E-state index contributed by atoms with van der Waals surface area (Å²) in [7, 11) is 3.33. The van der Waals surface area contributed by atoms with Crippen molar-refractivity contribution in [2.45, 2.75) is 12.0 Å². The minimum atomic E-state index is -4.58. The van der Waals surface area contributed by atoms with Gasteiger partial charge in [-0.05, 0) is 6.07 Å². The molecule has 1 aliphatic rings. The fourth-order valence-corrected chi connectivity index (χ4v) is 1.71. The molecular formula is C11H9ClF4N2O. The minimum absolute atomic E-state index is 0.0323. The van der Waals surface area contributed by atoms with Gasteiger partial charge in [0, 0.05) is 20.2 Å². The molecule has 8 heteroatoms. The van der Waals surface area contributed by atoms with Crippen LogP contribution in [0.1, 0.15) is 5.56 Å². The first-order chi connectivity index (χ1) is 8.65. The molecule has 0 unspecified atom stereocenters. The van der Waals surface area contributed by atoms with Gasteiger partial charge in [-0.15, -0.1) is 0 Å². The molecule has 0 spiro atoms. The largest absolute Gasteiger partial charge is 0.469 e. The van der Waals surface area contributed by atoms with Gasteiger partial charge in [-0.1, -0.05) is 11.6 Å². The van der Waals surface area contributed by atoms with E-state index in [4.69, 9.17) is 11.6 Å². The Labute approximate surface area is 111 Å². The third kappa shape index (κ3) is 2.22. The topological polar surface area (TPSA) is 24.8 Å². The number of rotatable bonds is 2. The molecular weight excluding hydrogens is 288 g/mol. The fourth-order valence-electron chi connectivity index (χ4n) is 1.51. The van der Waals surface area contributed by atoms with E-state index in [1.54, 1.807) is 19.0 Å². The van der Waals surface area contributed by atoms with Crippen LogP contribution >= 0.6 is 11.6 Å². The molecule has 1 heterocycles. The Balaban J connectivity index is 2.51. The maximum absolute atomic E-state index is 13.4. The Bertz CT molecular complexity index is 546. The predicted octanol–water partition coefficient (Wildman–Crippen LogP) is 3.64. The second-order valence-corrected chi connectivity index (χ2v) is 4.61. The van der Waals surface area contributed by atoms with Gasteiger partial charge in [0.1, 0.15) is 5.75 Å². The van der Waals surface area contributed by atoms with Gasteiger partial charge in [-0.2, -0.15) is 17.6 Å². The van der Waals surface area contributed by atoms with Gasteiger partial charge in [0.2, 0.25) is 0 Å². The first-order valence-corrected chi connectivity index (χ1v) is 5.52. The van der Waals surface area contributed by atoms with E-state index in [0.29, 0.717) is 0 Å². The van der Waals surface area contributed by atoms with Crippen molar-refractivity contribution in [1.29, 1.82) is 0 Å². The predicted molar refractivity (Wildman–Crippen MR) is 62.8 cm³/mol. The van der Waals surface area contributed by atoms with Crippen LogP contribution in [0.25, 0.3) is 0 Å². The fraction of sp³-hybridized carbons (Fsp3) is 0.364. The lowest BCUT2D eigenvalue weighted by Crippen LogP contribution is -2.36. The lowest BCUT2D eigenvalue weighted by atomic mass is 10.1. The summed E-state index contributed by atoms with van der Waals surface area (Å²) in [6.45, 7) is 0. The Morgan fingerprint density at radius 3 is 2.47 bits per heavy atom. The van der Waals surface area contributed by atoms with Crippen LogP contribution in [-0.2, 0) is 5.92 Å². The molecule has 2 rings (SSSR count). The number of fused-ring (bicyclic) bond motifs is 1. The molecule has 0 amide bonds. The van der Waals surface area contributed by atoms with Crippen molar-refractivity contribution < 1.29 is 22.3 Å². The molecule has 0 saturated carbocycles. The smallest absolute Gasteiger partial charge is 0.427 e. The molecule has 1 aromatic rings. The molecule has 0 saturated heterocycles. The first-order valence-electron chi connectivity index (χ1n) is 5.14. The highest BCUT2D eigenvalue weighted by atomic mass is 35.5. The average molecular weight is 297 g/mol. The molecule has 1 aromatic carbocycles. The van der Waals surface area contributed by atoms with Crippen LogP contribution in [0.3, 0.4) is 0 Å². The summed E-state index contributed by atoms with van der Waals surface area (Å²) in [4.78, 5) is 5.38. The highest BCUT2D eigenvalue weighted by molar-refractivity contribution is 6.33. The number of nitrogens with zero attached hydrogens (tertiary/aromatic N) is 2. The van der Waals surface area contributed by atoms with E-state index in [9.17, 15) is 17.6 Å². The molecule has 0 atom stereocenters. The number of hydrogen-bond acceptors (Lipinski definition) is 2. The number of hydrogen-bond donors (Lipinski definition) is 0. The summed E-state index contributed by atoms with van der Waals surface area (Å²) in [5, 5.41) is -0.0506. The summed E-state index contributed by atoms with van der Waals surface area (Å²) in [6.07, 6.45) is -3.26. The second-order valence-electron chi connectivity index (χ2n) is 4.20. The Morgan fingerprint density at radius 1 is 1.26 bits per heavy atom. The van der Waals surface area contributed by atoms with Crippen LogP contribution in [0, 0.1) is 0 Å². The zero-order chi connectivity index (χ0) is 14.4. The molecule has 0 aromatic heterocycles.